The van der Waals surface area contributed by atoms with Crippen molar-refractivity contribution in [2.75, 3.05) is 19.1 Å². The lowest BCUT2D eigenvalue weighted by Crippen LogP contribution is -2.49. The van der Waals surface area contributed by atoms with E-state index in [2.05, 4.69) is 60.0 Å². The van der Waals surface area contributed by atoms with Gasteiger partial charge in [-0.05, 0) is 48.9 Å². The standard InChI is InChI=1S/C25H33N3O2/c1-4-20-11-12-21(25(27-20)17-8-6-5-7-9-17)26-16-19-14-22-18(15-23(19)30-3)10-13-24(29)28(22)2/h5-9,14-15,20-21,25-27H,4,10-13,16H2,1-3H3. The molecule has 2 aliphatic rings. The zero-order valence-electron chi connectivity index (χ0n) is 18.3. The van der Waals surface area contributed by atoms with Gasteiger partial charge in [-0.15, -0.1) is 0 Å². The Hall–Kier alpha value is -2.37. The van der Waals surface area contributed by atoms with Gasteiger partial charge in [-0.3, -0.25) is 4.79 Å². The molecule has 0 radical (unpaired) electrons. The maximum atomic E-state index is 12.2. The van der Waals surface area contributed by atoms with Crippen molar-refractivity contribution in [1.29, 1.82) is 0 Å². The largest absolute Gasteiger partial charge is 0.496 e. The van der Waals surface area contributed by atoms with Gasteiger partial charge in [0.15, 0.2) is 0 Å². The highest BCUT2D eigenvalue weighted by Gasteiger charge is 2.30. The molecule has 2 aromatic carbocycles. The van der Waals surface area contributed by atoms with Crippen molar-refractivity contribution in [3.05, 3.63) is 59.2 Å². The van der Waals surface area contributed by atoms with Crippen LogP contribution in [0.1, 0.15) is 55.3 Å². The second-order valence-corrected chi connectivity index (χ2v) is 8.47. The second-order valence-electron chi connectivity index (χ2n) is 8.47. The third-order valence-electron chi connectivity index (χ3n) is 6.68. The van der Waals surface area contributed by atoms with Crippen molar-refractivity contribution in [2.45, 2.75) is 63.7 Å². The fraction of sp³-hybridized carbons (Fsp3) is 0.480. The molecule has 2 heterocycles. The number of piperidine rings is 1. The van der Waals surface area contributed by atoms with Gasteiger partial charge in [0.05, 0.1) is 7.11 Å². The van der Waals surface area contributed by atoms with E-state index in [9.17, 15) is 4.79 Å². The molecule has 0 aliphatic carbocycles. The molecule has 2 aliphatic heterocycles. The van der Waals surface area contributed by atoms with Gasteiger partial charge in [-0.1, -0.05) is 37.3 Å². The highest BCUT2D eigenvalue weighted by atomic mass is 16.5. The fourth-order valence-electron chi connectivity index (χ4n) is 4.81. The summed E-state index contributed by atoms with van der Waals surface area (Å²) in [7, 11) is 3.59. The van der Waals surface area contributed by atoms with Crippen LogP contribution in [0.25, 0.3) is 0 Å². The number of rotatable bonds is 6. The predicted molar refractivity (Wildman–Crippen MR) is 121 cm³/mol. The summed E-state index contributed by atoms with van der Waals surface area (Å²) in [5.74, 6) is 1.08. The molecule has 0 aromatic heterocycles. The first-order valence-corrected chi connectivity index (χ1v) is 11.1. The Morgan fingerprint density at radius 1 is 1.17 bits per heavy atom. The van der Waals surface area contributed by atoms with Crippen LogP contribution in [-0.2, 0) is 17.8 Å². The molecular weight excluding hydrogens is 374 g/mol. The summed E-state index contributed by atoms with van der Waals surface area (Å²) in [6.45, 7) is 2.97. The molecule has 0 spiro atoms. The van der Waals surface area contributed by atoms with Crippen LogP contribution < -0.4 is 20.3 Å². The molecule has 0 saturated carbocycles. The smallest absolute Gasteiger partial charge is 0.227 e. The van der Waals surface area contributed by atoms with E-state index in [0.29, 0.717) is 25.0 Å². The lowest BCUT2D eigenvalue weighted by molar-refractivity contribution is -0.118. The molecule has 3 unspecified atom stereocenters. The van der Waals surface area contributed by atoms with Gasteiger partial charge in [-0.25, -0.2) is 0 Å². The van der Waals surface area contributed by atoms with Gasteiger partial charge in [0, 0.05) is 49.4 Å². The zero-order chi connectivity index (χ0) is 21.1. The van der Waals surface area contributed by atoms with Crippen LogP contribution in [-0.4, -0.2) is 32.1 Å². The monoisotopic (exact) mass is 407 g/mol. The SMILES string of the molecule is CCC1CCC(NCc2cc3c(cc2OC)CCC(=O)N3C)C(c2ccccc2)N1. The van der Waals surface area contributed by atoms with Crippen LogP contribution in [0.4, 0.5) is 5.69 Å². The first-order chi connectivity index (χ1) is 14.6. The summed E-state index contributed by atoms with van der Waals surface area (Å²) < 4.78 is 5.70. The highest BCUT2D eigenvalue weighted by molar-refractivity contribution is 5.96. The highest BCUT2D eigenvalue weighted by Crippen LogP contribution is 2.34. The van der Waals surface area contributed by atoms with Crippen LogP contribution in [0.5, 0.6) is 5.75 Å². The molecule has 1 fully saturated rings. The van der Waals surface area contributed by atoms with Crippen LogP contribution in [0.15, 0.2) is 42.5 Å². The van der Waals surface area contributed by atoms with Gasteiger partial charge in [-0.2, -0.15) is 0 Å². The lowest BCUT2D eigenvalue weighted by Gasteiger charge is -2.38. The van der Waals surface area contributed by atoms with Crippen molar-refractivity contribution >= 4 is 11.6 Å². The van der Waals surface area contributed by atoms with Crippen molar-refractivity contribution in [3.8, 4) is 5.75 Å². The lowest BCUT2D eigenvalue weighted by atomic mass is 9.88. The van der Waals surface area contributed by atoms with Crippen molar-refractivity contribution in [1.82, 2.24) is 10.6 Å². The number of nitrogens with one attached hydrogen (secondary N) is 2. The number of benzene rings is 2. The molecule has 30 heavy (non-hydrogen) atoms. The summed E-state index contributed by atoms with van der Waals surface area (Å²) >= 11 is 0. The number of carbonyl (C=O) groups excluding carboxylic acids is 1. The number of carbonyl (C=O) groups is 1. The van der Waals surface area contributed by atoms with Crippen LogP contribution in [0, 0.1) is 0 Å². The summed E-state index contributed by atoms with van der Waals surface area (Å²) in [6, 6.07) is 16.2. The van der Waals surface area contributed by atoms with E-state index < -0.39 is 0 Å². The predicted octanol–water partition coefficient (Wildman–Crippen LogP) is 3.97. The van der Waals surface area contributed by atoms with E-state index in [-0.39, 0.29) is 11.9 Å². The Bertz CT molecular complexity index is 883. The Morgan fingerprint density at radius 3 is 2.70 bits per heavy atom. The number of hydrogen-bond donors (Lipinski definition) is 2. The van der Waals surface area contributed by atoms with Crippen molar-refractivity contribution < 1.29 is 9.53 Å². The molecule has 4 rings (SSSR count). The molecule has 1 amide bonds. The maximum Gasteiger partial charge on any atom is 0.227 e. The number of ether oxygens (including phenoxy) is 1. The maximum absolute atomic E-state index is 12.2. The third-order valence-corrected chi connectivity index (χ3v) is 6.68. The van der Waals surface area contributed by atoms with E-state index in [0.717, 1.165) is 36.3 Å². The number of methoxy groups -OCH3 is 1. The van der Waals surface area contributed by atoms with Gasteiger partial charge >= 0.3 is 0 Å². The minimum absolute atomic E-state index is 0.179. The fourth-order valence-corrected chi connectivity index (χ4v) is 4.81. The van der Waals surface area contributed by atoms with Gasteiger partial charge < -0.3 is 20.3 Å². The molecule has 5 heteroatoms. The van der Waals surface area contributed by atoms with E-state index in [4.69, 9.17) is 4.74 Å². The molecule has 2 aromatic rings. The first-order valence-electron chi connectivity index (χ1n) is 11.1. The average molecular weight is 408 g/mol. The summed E-state index contributed by atoms with van der Waals surface area (Å²) in [5, 5.41) is 7.64. The zero-order valence-corrected chi connectivity index (χ0v) is 18.3. The normalized spacial score (nSPS) is 23.9. The number of fused-ring (bicyclic) bond motifs is 1. The summed E-state index contributed by atoms with van der Waals surface area (Å²) in [5.41, 5.74) is 4.62. The quantitative estimate of drug-likeness (QED) is 0.761. The van der Waals surface area contributed by atoms with Crippen molar-refractivity contribution in [3.63, 3.8) is 0 Å². The van der Waals surface area contributed by atoms with Crippen LogP contribution in [0.3, 0.4) is 0 Å². The third kappa shape index (κ3) is 4.23. The molecule has 160 valence electrons. The Kier molecular flexibility index (Phi) is 6.40. The Balaban J connectivity index is 1.55. The Labute approximate surface area is 179 Å². The molecular formula is C25H33N3O2. The number of aryl methyl sites for hydroxylation is 1. The topological polar surface area (TPSA) is 53.6 Å². The molecule has 3 atom stereocenters. The molecule has 2 N–H and O–H groups in total. The van der Waals surface area contributed by atoms with Gasteiger partial charge in [0.1, 0.15) is 5.75 Å². The number of anilines is 1. The molecule has 5 nitrogen and oxygen atoms in total. The molecule has 0 bridgehead atoms. The Morgan fingerprint density at radius 2 is 1.97 bits per heavy atom. The number of hydrogen-bond acceptors (Lipinski definition) is 4. The van der Waals surface area contributed by atoms with Crippen LogP contribution >= 0.6 is 0 Å². The minimum Gasteiger partial charge on any atom is -0.496 e. The minimum atomic E-state index is 0.179. The summed E-state index contributed by atoms with van der Waals surface area (Å²) in [6.07, 6.45) is 4.81. The van der Waals surface area contributed by atoms with Gasteiger partial charge in [0.25, 0.3) is 0 Å². The number of amides is 1. The second kappa shape index (κ2) is 9.19. The summed E-state index contributed by atoms with van der Waals surface area (Å²) in [4.78, 5) is 13.9. The molecule has 1 saturated heterocycles. The number of nitrogens with zero attached hydrogens (tertiary/aromatic N) is 1. The van der Waals surface area contributed by atoms with E-state index >= 15 is 0 Å². The van der Waals surface area contributed by atoms with Crippen LogP contribution in [0.2, 0.25) is 0 Å². The van der Waals surface area contributed by atoms with E-state index in [1.165, 1.54) is 17.5 Å². The van der Waals surface area contributed by atoms with Crippen molar-refractivity contribution in [2.24, 2.45) is 0 Å². The first kappa shape index (κ1) is 20.9. The average Bonchev–Trinajstić information content (AvgIpc) is 2.80. The van der Waals surface area contributed by atoms with Gasteiger partial charge in [0.2, 0.25) is 5.91 Å². The van der Waals surface area contributed by atoms with E-state index in [1.807, 2.05) is 7.05 Å². The van der Waals surface area contributed by atoms with E-state index in [1.54, 1.807) is 12.0 Å².